The summed E-state index contributed by atoms with van der Waals surface area (Å²) in [6.45, 7) is 0.436. The largest absolute Gasteiger partial charge is 0.436 e. The van der Waals surface area contributed by atoms with Gasteiger partial charge in [0.25, 0.3) is 11.4 Å². The van der Waals surface area contributed by atoms with Crippen LogP contribution in [0.2, 0.25) is 5.02 Å². The topological polar surface area (TPSA) is 72.8 Å². The number of fused-ring (bicyclic) bond motifs is 1. The van der Waals surface area contributed by atoms with Crippen molar-refractivity contribution in [1.29, 1.82) is 0 Å². The van der Waals surface area contributed by atoms with Gasteiger partial charge in [-0.3, -0.25) is 9.89 Å². The maximum atomic E-state index is 12.3. The smallest absolute Gasteiger partial charge is 0.268 e. The first-order chi connectivity index (χ1) is 12.7. The van der Waals surface area contributed by atoms with Gasteiger partial charge in [0.15, 0.2) is 5.52 Å². The molecule has 0 atom stereocenters. The molecule has 0 saturated heterocycles. The van der Waals surface area contributed by atoms with Gasteiger partial charge in [-0.15, -0.1) is 5.10 Å². The number of hydrogen-bond acceptors (Lipinski definition) is 4. The second-order valence-electron chi connectivity index (χ2n) is 5.79. The molecule has 0 bridgehead atoms. The van der Waals surface area contributed by atoms with E-state index in [9.17, 15) is 4.79 Å². The minimum absolute atomic E-state index is 0.200. The number of H-pyrrole nitrogens is 1. The van der Waals surface area contributed by atoms with E-state index in [1.165, 1.54) is 10.7 Å². The third-order valence-electron chi connectivity index (χ3n) is 3.94. The standard InChI is InChI=1S/C19H15ClN4O2/c20-14-6-4-5-13(11-14)9-10-24-17(25)12-16-18(23-24)19(22-21-16)26-15-7-2-1-3-8-15/h1-8,11-12,21H,9-10H2. The van der Waals surface area contributed by atoms with Crippen molar-refractivity contribution >= 4 is 22.6 Å². The first-order valence-corrected chi connectivity index (χ1v) is 8.50. The predicted octanol–water partition coefficient (Wildman–Crippen LogP) is 3.81. The summed E-state index contributed by atoms with van der Waals surface area (Å²) in [6.07, 6.45) is 0.645. The Hall–Kier alpha value is -3.12. The average Bonchev–Trinajstić information content (AvgIpc) is 3.02. The van der Waals surface area contributed by atoms with Crippen LogP contribution < -0.4 is 10.3 Å². The summed E-state index contributed by atoms with van der Waals surface area (Å²) in [7, 11) is 0. The summed E-state index contributed by atoms with van der Waals surface area (Å²) in [4.78, 5) is 12.3. The van der Waals surface area contributed by atoms with Crippen molar-refractivity contribution in [3.8, 4) is 11.6 Å². The maximum Gasteiger partial charge on any atom is 0.268 e. The van der Waals surface area contributed by atoms with Gasteiger partial charge in [-0.25, -0.2) is 4.68 Å². The molecule has 130 valence electrons. The van der Waals surface area contributed by atoms with Crippen molar-refractivity contribution in [3.05, 3.63) is 81.6 Å². The van der Waals surface area contributed by atoms with Crippen LogP contribution in [0.3, 0.4) is 0 Å². The van der Waals surface area contributed by atoms with Gasteiger partial charge >= 0.3 is 0 Å². The molecule has 6 nitrogen and oxygen atoms in total. The molecule has 4 rings (SSSR count). The van der Waals surface area contributed by atoms with Crippen LogP contribution in [0.25, 0.3) is 11.0 Å². The fraction of sp³-hybridized carbons (Fsp3) is 0.105. The highest BCUT2D eigenvalue weighted by Gasteiger charge is 2.12. The van der Waals surface area contributed by atoms with Crippen LogP contribution in [0.5, 0.6) is 11.6 Å². The summed E-state index contributed by atoms with van der Waals surface area (Å²) in [6, 6.07) is 18.3. The van der Waals surface area contributed by atoms with Gasteiger partial charge in [-0.1, -0.05) is 41.9 Å². The van der Waals surface area contributed by atoms with Crippen molar-refractivity contribution < 1.29 is 4.74 Å². The van der Waals surface area contributed by atoms with E-state index in [1.54, 1.807) is 0 Å². The predicted molar refractivity (Wildman–Crippen MR) is 99.8 cm³/mol. The summed E-state index contributed by atoms with van der Waals surface area (Å²) in [5.41, 5.74) is 1.90. The zero-order chi connectivity index (χ0) is 17.9. The molecule has 0 spiro atoms. The fourth-order valence-electron chi connectivity index (χ4n) is 2.66. The fourth-order valence-corrected chi connectivity index (χ4v) is 2.87. The number of aromatic nitrogens is 4. The third kappa shape index (κ3) is 3.45. The lowest BCUT2D eigenvalue weighted by molar-refractivity contribution is 0.463. The molecule has 0 amide bonds. The van der Waals surface area contributed by atoms with E-state index in [-0.39, 0.29) is 5.56 Å². The summed E-state index contributed by atoms with van der Waals surface area (Å²) < 4.78 is 7.18. The normalized spacial score (nSPS) is 11.0. The highest BCUT2D eigenvalue weighted by Crippen LogP contribution is 2.24. The molecule has 2 aromatic heterocycles. The van der Waals surface area contributed by atoms with Crippen LogP contribution in [0, 0.1) is 0 Å². The Balaban J connectivity index is 1.62. The number of benzene rings is 2. The molecule has 0 radical (unpaired) electrons. The Labute approximate surface area is 154 Å². The minimum Gasteiger partial charge on any atom is -0.436 e. The summed E-state index contributed by atoms with van der Waals surface area (Å²) in [5, 5.41) is 12.0. The van der Waals surface area contributed by atoms with Crippen molar-refractivity contribution in [3.63, 3.8) is 0 Å². The second kappa shape index (κ2) is 7.01. The van der Waals surface area contributed by atoms with Crippen LogP contribution in [0.4, 0.5) is 0 Å². The third-order valence-corrected chi connectivity index (χ3v) is 4.17. The SMILES string of the molecule is O=c1cc2[nH]nc(Oc3ccccc3)c2nn1CCc1cccc(Cl)c1. The monoisotopic (exact) mass is 366 g/mol. The second-order valence-corrected chi connectivity index (χ2v) is 6.23. The number of hydrogen-bond donors (Lipinski definition) is 1. The lowest BCUT2D eigenvalue weighted by atomic mass is 10.1. The van der Waals surface area contributed by atoms with E-state index in [4.69, 9.17) is 16.3 Å². The van der Waals surface area contributed by atoms with E-state index in [1.807, 2.05) is 54.6 Å². The van der Waals surface area contributed by atoms with Gasteiger partial charge in [0.05, 0.1) is 5.52 Å². The highest BCUT2D eigenvalue weighted by atomic mass is 35.5. The van der Waals surface area contributed by atoms with Crippen LogP contribution in [0.15, 0.2) is 65.5 Å². The number of para-hydroxylation sites is 1. The molecule has 7 heteroatoms. The van der Waals surface area contributed by atoms with Crippen LogP contribution in [-0.2, 0) is 13.0 Å². The van der Waals surface area contributed by atoms with Gasteiger partial charge in [0, 0.05) is 17.6 Å². The highest BCUT2D eigenvalue weighted by molar-refractivity contribution is 6.30. The number of ether oxygens (including phenoxy) is 1. The first kappa shape index (κ1) is 16.4. The van der Waals surface area contributed by atoms with Crippen LogP contribution in [0.1, 0.15) is 5.56 Å². The number of aryl methyl sites for hydroxylation is 2. The molecule has 4 aromatic rings. The molecule has 2 heterocycles. The van der Waals surface area contributed by atoms with E-state index in [0.29, 0.717) is 40.7 Å². The average molecular weight is 367 g/mol. The number of nitrogens with one attached hydrogen (secondary N) is 1. The van der Waals surface area contributed by atoms with E-state index in [2.05, 4.69) is 15.3 Å². The van der Waals surface area contributed by atoms with E-state index >= 15 is 0 Å². The number of nitrogens with zero attached hydrogens (tertiary/aromatic N) is 3. The minimum atomic E-state index is -0.200. The number of aromatic amines is 1. The Kier molecular flexibility index (Phi) is 4.41. The molecule has 0 aliphatic heterocycles. The molecule has 0 aliphatic rings. The van der Waals surface area contributed by atoms with Crippen molar-refractivity contribution in [1.82, 2.24) is 20.0 Å². The Morgan fingerprint density at radius 2 is 1.92 bits per heavy atom. The number of halogens is 1. The Bertz CT molecular complexity index is 1110. The molecular formula is C19H15ClN4O2. The van der Waals surface area contributed by atoms with Crippen molar-refractivity contribution in [2.24, 2.45) is 0 Å². The lowest BCUT2D eigenvalue weighted by Crippen LogP contribution is -2.23. The zero-order valence-electron chi connectivity index (χ0n) is 13.7. The van der Waals surface area contributed by atoms with Gasteiger partial charge in [-0.05, 0) is 36.2 Å². The van der Waals surface area contributed by atoms with Gasteiger partial charge in [-0.2, -0.15) is 5.10 Å². The Morgan fingerprint density at radius 1 is 1.08 bits per heavy atom. The van der Waals surface area contributed by atoms with Gasteiger partial charge < -0.3 is 4.74 Å². The molecule has 0 unspecified atom stereocenters. The van der Waals surface area contributed by atoms with E-state index in [0.717, 1.165) is 5.56 Å². The molecule has 0 fully saturated rings. The van der Waals surface area contributed by atoms with Gasteiger partial charge in [0.1, 0.15) is 5.75 Å². The zero-order valence-corrected chi connectivity index (χ0v) is 14.5. The molecular weight excluding hydrogens is 352 g/mol. The summed E-state index contributed by atoms with van der Waals surface area (Å²) in [5.74, 6) is 0.988. The van der Waals surface area contributed by atoms with E-state index < -0.39 is 0 Å². The van der Waals surface area contributed by atoms with Crippen molar-refractivity contribution in [2.75, 3.05) is 0 Å². The maximum absolute atomic E-state index is 12.3. The summed E-state index contributed by atoms with van der Waals surface area (Å²) >= 11 is 6.01. The molecule has 26 heavy (non-hydrogen) atoms. The van der Waals surface area contributed by atoms with Crippen LogP contribution >= 0.6 is 11.6 Å². The quantitative estimate of drug-likeness (QED) is 0.583. The van der Waals surface area contributed by atoms with Crippen LogP contribution in [-0.4, -0.2) is 20.0 Å². The molecule has 2 aromatic carbocycles. The molecule has 0 saturated carbocycles. The van der Waals surface area contributed by atoms with Gasteiger partial charge in [0.2, 0.25) is 0 Å². The molecule has 1 N–H and O–H groups in total. The molecule has 0 aliphatic carbocycles. The number of rotatable bonds is 5. The van der Waals surface area contributed by atoms with Crippen molar-refractivity contribution in [2.45, 2.75) is 13.0 Å². The Morgan fingerprint density at radius 3 is 2.73 bits per heavy atom. The first-order valence-electron chi connectivity index (χ1n) is 8.12. The lowest BCUT2D eigenvalue weighted by Gasteiger charge is -2.06.